The Hall–Kier alpha value is -4.30. The van der Waals surface area contributed by atoms with Crippen LogP contribution in [0.25, 0.3) is 51.4 Å². The topological polar surface area (TPSA) is 9.86 Å². The molecule has 0 spiro atoms. The Balaban J connectivity index is 1.61. The first-order valence-corrected chi connectivity index (χ1v) is 11.7. The Bertz CT molecular complexity index is 1650. The summed E-state index contributed by atoms with van der Waals surface area (Å²) in [5.74, 6) is 0. The minimum atomic E-state index is 0.957. The fourth-order valence-corrected chi connectivity index (χ4v) is 5.22. The van der Waals surface area contributed by atoms with Crippen molar-refractivity contribution in [3.05, 3.63) is 126 Å². The third kappa shape index (κ3) is 3.11. The van der Waals surface area contributed by atoms with Gasteiger partial charge in [-0.1, -0.05) is 85.5 Å². The smallest absolute Gasteiger partial charge is 0.0541 e. The van der Waals surface area contributed by atoms with E-state index >= 15 is 0 Å². The average Bonchev–Trinajstić information content (AvgIpc) is 3.20. The number of benzene rings is 3. The van der Waals surface area contributed by atoms with Gasteiger partial charge in [-0.25, -0.2) is 0 Å². The van der Waals surface area contributed by atoms with Crippen LogP contribution in [0.15, 0.2) is 104 Å². The third-order valence-electron chi connectivity index (χ3n) is 6.69. The van der Waals surface area contributed by atoms with Crippen LogP contribution in [-0.4, -0.2) is 9.13 Å². The molecule has 0 aliphatic heterocycles. The van der Waals surface area contributed by atoms with Gasteiger partial charge >= 0.3 is 0 Å². The summed E-state index contributed by atoms with van der Waals surface area (Å²) in [5.41, 5.74) is 9.72. The zero-order valence-corrected chi connectivity index (χ0v) is 19.3. The van der Waals surface area contributed by atoms with Gasteiger partial charge in [0.2, 0.25) is 0 Å². The minimum Gasteiger partial charge on any atom is -0.313 e. The second kappa shape index (κ2) is 8.24. The molecule has 0 radical (unpaired) electrons. The zero-order chi connectivity index (χ0) is 23.1. The van der Waals surface area contributed by atoms with E-state index < -0.39 is 0 Å². The van der Waals surface area contributed by atoms with Gasteiger partial charge in [-0.15, -0.1) is 0 Å². The van der Waals surface area contributed by atoms with Crippen molar-refractivity contribution >= 4 is 40.0 Å². The number of allylic oxidation sites excluding steroid dienone is 4. The summed E-state index contributed by atoms with van der Waals surface area (Å²) in [6.45, 7) is 6.05. The normalized spacial score (nSPS) is 13.1. The molecule has 164 valence electrons. The molecule has 0 atom stereocenters. The lowest BCUT2D eigenvalue weighted by atomic mass is 10.1. The summed E-state index contributed by atoms with van der Waals surface area (Å²) in [7, 11) is 0. The average molecular weight is 439 g/mol. The van der Waals surface area contributed by atoms with E-state index in [1.165, 1.54) is 44.3 Å². The van der Waals surface area contributed by atoms with E-state index in [0.29, 0.717) is 0 Å². The van der Waals surface area contributed by atoms with Crippen LogP contribution in [0.3, 0.4) is 0 Å². The lowest BCUT2D eigenvalue weighted by Gasteiger charge is -2.14. The van der Waals surface area contributed by atoms with E-state index in [1.54, 1.807) is 0 Å². The van der Waals surface area contributed by atoms with E-state index in [1.807, 2.05) is 12.2 Å². The van der Waals surface area contributed by atoms with Gasteiger partial charge in [-0.2, -0.15) is 0 Å². The van der Waals surface area contributed by atoms with E-state index in [9.17, 15) is 0 Å². The van der Waals surface area contributed by atoms with Crippen LogP contribution in [0.1, 0.15) is 28.9 Å². The van der Waals surface area contributed by atoms with Gasteiger partial charge in [0.05, 0.1) is 16.7 Å². The SMILES string of the molecule is C=C/C=C\c1c(C)n(-c2cccc(-n3c4c(c5ccccc53)C=CCC=C4)c2)c2ccccc12. The summed E-state index contributed by atoms with van der Waals surface area (Å²) < 4.78 is 4.75. The Morgan fingerprint density at radius 2 is 1.44 bits per heavy atom. The number of para-hydroxylation sites is 2. The van der Waals surface area contributed by atoms with Crippen LogP contribution < -0.4 is 0 Å². The predicted molar refractivity (Wildman–Crippen MR) is 147 cm³/mol. The molecule has 2 nitrogen and oxygen atoms in total. The number of aromatic nitrogens is 2. The molecule has 0 saturated carbocycles. The Morgan fingerprint density at radius 3 is 2.24 bits per heavy atom. The molecular formula is C32H26N2. The molecule has 34 heavy (non-hydrogen) atoms. The number of fused-ring (bicyclic) bond motifs is 4. The standard InChI is InChI=1S/C32H26N2/c1-3-4-15-26-23(2)33(30-20-10-8-17-27(26)30)24-13-12-14-25(22-24)34-31-19-7-5-6-16-28(31)29-18-9-11-21-32(29)34/h3-4,6-22H,1,5H2,2H3/b15-4-. The first kappa shape index (κ1) is 20.3. The second-order valence-electron chi connectivity index (χ2n) is 8.66. The molecule has 2 aromatic heterocycles. The highest BCUT2D eigenvalue weighted by atomic mass is 15.0. The Morgan fingerprint density at radius 1 is 0.765 bits per heavy atom. The molecule has 0 saturated heterocycles. The highest BCUT2D eigenvalue weighted by Gasteiger charge is 2.17. The van der Waals surface area contributed by atoms with Crippen molar-refractivity contribution in [2.75, 3.05) is 0 Å². The van der Waals surface area contributed by atoms with Crippen LogP contribution in [0.5, 0.6) is 0 Å². The maximum atomic E-state index is 3.85. The van der Waals surface area contributed by atoms with E-state index in [4.69, 9.17) is 0 Å². The molecule has 0 fully saturated rings. The van der Waals surface area contributed by atoms with Gasteiger partial charge in [-0.05, 0) is 49.8 Å². The fourth-order valence-electron chi connectivity index (χ4n) is 5.22. The van der Waals surface area contributed by atoms with Gasteiger partial charge in [0, 0.05) is 39.0 Å². The molecule has 0 amide bonds. The zero-order valence-electron chi connectivity index (χ0n) is 19.3. The van der Waals surface area contributed by atoms with Crippen LogP contribution >= 0.6 is 0 Å². The number of hydrogen-bond donors (Lipinski definition) is 0. The van der Waals surface area contributed by atoms with Crippen LogP contribution in [0.2, 0.25) is 0 Å². The number of hydrogen-bond acceptors (Lipinski definition) is 0. The van der Waals surface area contributed by atoms with Crippen molar-refractivity contribution in [3.8, 4) is 11.4 Å². The van der Waals surface area contributed by atoms with Crippen molar-refractivity contribution in [1.29, 1.82) is 0 Å². The summed E-state index contributed by atoms with van der Waals surface area (Å²) in [4.78, 5) is 0. The second-order valence-corrected chi connectivity index (χ2v) is 8.66. The lowest BCUT2D eigenvalue weighted by Crippen LogP contribution is -2.01. The van der Waals surface area contributed by atoms with Crippen molar-refractivity contribution in [2.24, 2.45) is 0 Å². The Labute approximate surface area is 200 Å². The van der Waals surface area contributed by atoms with E-state index in [0.717, 1.165) is 17.8 Å². The summed E-state index contributed by atoms with van der Waals surface area (Å²) in [5, 5.41) is 2.53. The largest absolute Gasteiger partial charge is 0.313 e. The molecule has 1 aliphatic rings. The van der Waals surface area contributed by atoms with Gasteiger partial charge in [0.15, 0.2) is 0 Å². The molecule has 0 N–H and O–H groups in total. The van der Waals surface area contributed by atoms with E-state index in [-0.39, 0.29) is 0 Å². The fraction of sp³-hybridized carbons (Fsp3) is 0.0625. The number of rotatable bonds is 4. The summed E-state index contributed by atoms with van der Waals surface area (Å²) >= 11 is 0. The van der Waals surface area contributed by atoms with Gasteiger partial charge in [0.1, 0.15) is 0 Å². The molecule has 0 unspecified atom stereocenters. The van der Waals surface area contributed by atoms with Crippen LogP contribution in [0, 0.1) is 6.92 Å². The van der Waals surface area contributed by atoms with Gasteiger partial charge in [-0.3, -0.25) is 0 Å². The monoisotopic (exact) mass is 438 g/mol. The minimum absolute atomic E-state index is 0.957. The highest BCUT2D eigenvalue weighted by molar-refractivity contribution is 5.96. The quantitative estimate of drug-likeness (QED) is 0.249. The third-order valence-corrected chi connectivity index (χ3v) is 6.69. The first-order chi connectivity index (χ1) is 16.8. The maximum absolute atomic E-state index is 3.85. The summed E-state index contributed by atoms with van der Waals surface area (Å²) in [6, 6.07) is 26.2. The van der Waals surface area contributed by atoms with Crippen molar-refractivity contribution in [3.63, 3.8) is 0 Å². The molecule has 5 aromatic rings. The molecule has 1 aliphatic carbocycles. The molecule has 2 heterocycles. The molecule has 6 rings (SSSR count). The first-order valence-electron chi connectivity index (χ1n) is 11.7. The van der Waals surface area contributed by atoms with E-state index in [2.05, 4.69) is 126 Å². The number of nitrogens with zero attached hydrogens (tertiary/aromatic N) is 2. The molecule has 3 aromatic carbocycles. The Kier molecular flexibility index (Phi) is 4.92. The van der Waals surface area contributed by atoms with Crippen LogP contribution in [0.4, 0.5) is 0 Å². The highest BCUT2D eigenvalue weighted by Crippen LogP contribution is 2.35. The molecule has 0 bridgehead atoms. The summed E-state index contributed by atoms with van der Waals surface area (Å²) in [6.07, 6.45) is 16.0. The van der Waals surface area contributed by atoms with Crippen molar-refractivity contribution in [1.82, 2.24) is 9.13 Å². The molecular weight excluding hydrogens is 412 g/mol. The van der Waals surface area contributed by atoms with Gasteiger partial charge < -0.3 is 9.13 Å². The molecule has 2 heteroatoms. The predicted octanol–water partition coefficient (Wildman–Crippen LogP) is 8.51. The maximum Gasteiger partial charge on any atom is 0.0541 e. The van der Waals surface area contributed by atoms with Crippen molar-refractivity contribution in [2.45, 2.75) is 13.3 Å². The van der Waals surface area contributed by atoms with Crippen LogP contribution in [-0.2, 0) is 0 Å². The van der Waals surface area contributed by atoms with Crippen molar-refractivity contribution < 1.29 is 0 Å². The van der Waals surface area contributed by atoms with Gasteiger partial charge in [0.25, 0.3) is 0 Å². The lowest BCUT2D eigenvalue weighted by molar-refractivity contribution is 1.03.